The number of carbonyl (C=O) groups excluding carboxylic acids is 1. The first-order valence-corrected chi connectivity index (χ1v) is 18.3. The van der Waals surface area contributed by atoms with E-state index in [1.165, 1.54) is 25.7 Å². The maximum absolute atomic E-state index is 13.3. The smallest absolute Gasteiger partial charge is 0.410 e. The Morgan fingerprint density at radius 3 is 2.49 bits per heavy atom. The zero-order chi connectivity index (χ0) is 35.3. The number of anilines is 1. The molecule has 2 atom stereocenters. The molecule has 266 valence electrons. The maximum Gasteiger partial charge on any atom is 0.410 e. The van der Waals surface area contributed by atoms with E-state index in [2.05, 4.69) is 27.9 Å². The van der Waals surface area contributed by atoms with Crippen molar-refractivity contribution in [1.29, 1.82) is 0 Å². The van der Waals surface area contributed by atoms with Crippen molar-refractivity contribution >= 4 is 33.5 Å². The van der Waals surface area contributed by atoms with Gasteiger partial charge in [-0.3, -0.25) is 9.80 Å². The second-order valence-corrected chi connectivity index (χ2v) is 15.5. The normalized spacial score (nSPS) is 21.2. The summed E-state index contributed by atoms with van der Waals surface area (Å²) in [5.41, 5.74) is 1.98. The van der Waals surface area contributed by atoms with Crippen LogP contribution < -0.4 is 14.4 Å². The highest BCUT2D eigenvalue weighted by Crippen LogP contribution is 2.42. The SMILES string of the molecule is C#Cc1cccc2cc(OCOC)cc(-c3cc4cc(OCC56CCCN5CCC6)ncc4c(N4CC5CCC(C4)N5C(=O)OC(C)(C)C)n3)c12. The van der Waals surface area contributed by atoms with Gasteiger partial charge >= 0.3 is 6.09 Å². The molecule has 4 aromatic rings. The zero-order valence-electron chi connectivity index (χ0n) is 30.1. The van der Waals surface area contributed by atoms with Gasteiger partial charge in [-0.25, -0.2) is 14.8 Å². The molecule has 2 aromatic carbocycles. The third kappa shape index (κ3) is 6.31. The molecule has 2 aromatic heterocycles. The number of piperazine rings is 1. The van der Waals surface area contributed by atoms with Crippen LogP contribution in [0.3, 0.4) is 0 Å². The molecule has 4 saturated heterocycles. The summed E-state index contributed by atoms with van der Waals surface area (Å²) in [4.78, 5) is 30.5. The van der Waals surface area contributed by atoms with Crippen LogP contribution in [0.15, 0.2) is 48.7 Å². The number of hydrogen-bond acceptors (Lipinski definition) is 9. The molecule has 0 N–H and O–H groups in total. The Kier molecular flexibility index (Phi) is 8.67. The van der Waals surface area contributed by atoms with Gasteiger partial charge in [-0.15, -0.1) is 6.42 Å². The van der Waals surface area contributed by atoms with Crippen molar-refractivity contribution in [3.8, 4) is 35.2 Å². The number of hydrogen-bond donors (Lipinski definition) is 0. The highest BCUT2D eigenvalue weighted by Gasteiger charge is 2.46. The summed E-state index contributed by atoms with van der Waals surface area (Å²) >= 11 is 0. The number of carbonyl (C=O) groups is 1. The molecule has 4 aliphatic heterocycles. The van der Waals surface area contributed by atoms with Crippen LogP contribution in [0.5, 0.6) is 11.6 Å². The van der Waals surface area contributed by atoms with Crippen LogP contribution in [0, 0.1) is 12.3 Å². The van der Waals surface area contributed by atoms with Crippen LogP contribution in [-0.2, 0) is 9.47 Å². The van der Waals surface area contributed by atoms with Crippen molar-refractivity contribution in [2.24, 2.45) is 0 Å². The molecule has 0 aliphatic carbocycles. The summed E-state index contributed by atoms with van der Waals surface area (Å²) in [7, 11) is 1.61. The highest BCUT2D eigenvalue weighted by molar-refractivity contribution is 6.03. The molecule has 0 radical (unpaired) electrons. The Hall–Kier alpha value is -4.59. The van der Waals surface area contributed by atoms with Crippen molar-refractivity contribution in [2.45, 2.75) is 82.5 Å². The average Bonchev–Trinajstić information content (AvgIpc) is 3.78. The van der Waals surface area contributed by atoms with Crippen molar-refractivity contribution in [3.05, 3.63) is 54.2 Å². The standard InChI is InChI=1S/C41H47N5O5/c1-6-27-10-7-11-28-18-32(50-26-48-5)21-33(37(27)28)35-19-29-20-36(49-25-41-14-8-16-45(41)17-9-15-41)42-22-34(29)38(43-35)44-23-30-12-13-31(24-44)46(30)39(47)51-40(2,3)4/h1,7,10-11,18-22,30-31H,8-9,12-17,23-26H2,2-5H3. The molecule has 4 fully saturated rings. The third-order valence-electron chi connectivity index (χ3n) is 11.1. The van der Waals surface area contributed by atoms with Gasteiger partial charge < -0.3 is 23.8 Å². The first-order valence-electron chi connectivity index (χ1n) is 18.3. The number of ether oxygens (including phenoxy) is 4. The van der Waals surface area contributed by atoms with E-state index in [1.807, 2.05) is 62.2 Å². The molecular weight excluding hydrogens is 642 g/mol. The van der Waals surface area contributed by atoms with Crippen LogP contribution in [-0.4, -0.2) is 95.8 Å². The lowest BCUT2D eigenvalue weighted by Crippen LogP contribution is -2.57. The number of fused-ring (bicyclic) bond motifs is 5. The Labute approximate surface area is 300 Å². The number of rotatable bonds is 8. The van der Waals surface area contributed by atoms with E-state index in [1.54, 1.807) is 7.11 Å². The monoisotopic (exact) mass is 689 g/mol. The number of nitrogens with zero attached hydrogens (tertiary/aromatic N) is 5. The van der Waals surface area contributed by atoms with Gasteiger partial charge in [0.1, 0.15) is 23.8 Å². The second kappa shape index (κ2) is 13.2. The van der Waals surface area contributed by atoms with E-state index >= 15 is 0 Å². The molecule has 10 nitrogen and oxygen atoms in total. The first-order chi connectivity index (χ1) is 24.6. The van der Waals surface area contributed by atoms with Crippen molar-refractivity contribution in [1.82, 2.24) is 19.8 Å². The minimum Gasteiger partial charge on any atom is -0.476 e. The van der Waals surface area contributed by atoms with Gasteiger partial charge in [0.25, 0.3) is 0 Å². The Bertz CT molecular complexity index is 1990. The van der Waals surface area contributed by atoms with Crippen LogP contribution in [0.1, 0.15) is 64.9 Å². The van der Waals surface area contributed by atoms with Gasteiger partial charge in [-0.1, -0.05) is 18.1 Å². The molecule has 2 unspecified atom stereocenters. The fourth-order valence-electron chi connectivity index (χ4n) is 8.86. The lowest BCUT2D eigenvalue weighted by atomic mass is 9.95. The number of aromatic nitrogens is 2. The van der Waals surface area contributed by atoms with Crippen molar-refractivity contribution in [3.63, 3.8) is 0 Å². The van der Waals surface area contributed by atoms with Gasteiger partial charge in [0.05, 0.1) is 23.3 Å². The summed E-state index contributed by atoms with van der Waals surface area (Å²) in [5.74, 6) is 4.99. The number of benzene rings is 2. The predicted octanol–water partition coefficient (Wildman–Crippen LogP) is 7.01. The lowest BCUT2D eigenvalue weighted by molar-refractivity contribution is 0.0123. The lowest BCUT2D eigenvalue weighted by Gasteiger charge is -2.42. The molecule has 10 heteroatoms. The molecule has 8 rings (SSSR count). The largest absolute Gasteiger partial charge is 0.476 e. The van der Waals surface area contributed by atoms with E-state index in [9.17, 15) is 4.79 Å². The Morgan fingerprint density at radius 2 is 1.78 bits per heavy atom. The van der Waals surface area contributed by atoms with Gasteiger partial charge in [0.2, 0.25) is 5.88 Å². The van der Waals surface area contributed by atoms with Gasteiger partial charge in [-0.2, -0.15) is 0 Å². The average molecular weight is 690 g/mol. The molecule has 4 aliphatic rings. The maximum atomic E-state index is 13.3. The molecule has 51 heavy (non-hydrogen) atoms. The fraction of sp³-hybridized carbons (Fsp3) is 0.488. The van der Waals surface area contributed by atoms with Crippen molar-refractivity contribution < 1.29 is 23.7 Å². The molecule has 0 spiro atoms. The minimum atomic E-state index is -0.555. The van der Waals surface area contributed by atoms with E-state index in [0.717, 1.165) is 70.1 Å². The van der Waals surface area contributed by atoms with Crippen molar-refractivity contribution in [2.75, 3.05) is 51.6 Å². The van der Waals surface area contributed by atoms with E-state index in [0.29, 0.717) is 31.3 Å². The van der Waals surface area contributed by atoms with E-state index in [-0.39, 0.29) is 30.5 Å². The van der Waals surface area contributed by atoms with Gasteiger partial charge in [0.15, 0.2) is 6.79 Å². The third-order valence-corrected chi connectivity index (χ3v) is 11.1. The summed E-state index contributed by atoms with van der Waals surface area (Å²) in [6.45, 7) is 10.1. The van der Waals surface area contributed by atoms with Crippen LogP contribution in [0.25, 0.3) is 32.8 Å². The summed E-state index contributed by atoms with van der Waals surface area (Å²) in [6, 6.07) is 14.2. The summed E-state index contributed by atoms with van der Waals surface area (Å²) in [5, 5.41) is 3.80. The highest BCUT2D eigenvalue weighted by atomic mass is 16.7. The van der Waals surface area contributed by atoms with Gasteiger partial charge in [0, 0.05) is 54.4 Å². The fourth-order valence-corrected chi connectivity index (χ4v) is 8.86. The topological polar surface area (TPSA) is 89.5 Å². The van der Waals surface area contributed by atoms with Crippen LogP contribution in [0.2, 0.25) is 0 Å². The Morgan fingerprint density at radius 1 is 1.02 bits per heavy atom. The van der Waals surface area contributed by atoms with Crippen LogP contribution in [0.4, 0.5) is 10.6 Å². The summed E-state index contributed by atoms with van der Waals surface area (Å²) in [6.07, 6.45) is 14.3. The van der Waals surface area contributed by atoms with Crippen LogP contribution >= 0.6 is 0 Å². The summed E-state index contributed by atoms with van der Waals surface area (Å²) < 4.78 is 23.6. The number of pyridine rings is 2. The predicted molar refractivity (Wildman–Crippen MR) is 198 cm³/mol. The number of amides is 1. The molecule has 0 saturated carbocycles. The van der Waals surface area contributed by atoms with Gasteiger partial charge in [-0.05, 0) is 107 Å². The molecule has 1 amide bonds. The second-order valence-electron chi connectivity index (χ2n) is 15.5. The Balaban J connectivity index is 1.22. The quantitative estimate of drug-likeness (QED) is 0.143. The zero-order valence-corrected chi connectivity index (χ0v) is 30.1. The minimum absolute atomic E-state index is 0.0225. The molecular formula is C41H47N5O5. The van der Waals surface area contributed by atoms with E-state index < -0.39 is 5.60 Å². The molecule has 2 bridgehead atoms. The number of methoxy groups -OCH3 is 1. The number of terminal acetylenes is 1. The first kappa shape index (κ1) is 33.5. The van der Waals surface area contributed by atoms with E-state index in [4.69, 9.17) is 35.3 Å². The molecule has 6 heterocycles.